The molecule has 0 saturated carbocycles. The summed E-state index contributed by atoms with van der Waals surface area (Å²) in [6, 6.07) is 14.9. The number of ether oxygens (including phenoxy) is 1. The van der Waals surface area contributed by atoms with Crippen LogP contribution in [0.25, 0.3) is 0 Å². The molecule has 4 rings (SSSR count). The van der Waals surface area contributed by atoms with E-state index in [9.17, 15) is 0 Å². The standard InChI is InChI=1S/C22H29N3O/c1-24-14-21(16-26-15-20-8-5-10-23-12-20)22(17-24)9-11-25(18-22)13-19-6-3-2-4-7-19/h2-8,10,12,21H,9,11,13-18H2,1H3/t21-,22+/m1/s1. The largest absolute Gasteiger partial charge is 0.376 e. The number of aromatic nitrogens is 1. The monoisotopic (exact) mass is 351 g/mol. The first-order valence-electron chi connectivity index (χ1n) is 9.65. The van der Waals surface area contributed by atoms with Gasteiger partial charge in [0, 0.05) is 49.9 Å². The molecule has 2 aliphatic heterocycles. The number of hydrogen-bond acceptors (Lipinski definition) is 4. The summed E-state index contributed by atoms with van der Waals surface area (Å²) in [5.74, 6) is 0.616. The lowest BCUT2D eigenvalue weighted by atomic mass is 9.77. The van der Waals surface area contributed by atoms with Gasteiger partial charge in [-0.15, -0.1) is 0 Å². The van der Waals surface area contributed by atoms with Gasteiger partial charge in [-0.3, -0.25) is 9.88 Å². The van der Waals surface area contributed by atoms with Crippen LogP contribution >= 0.6 is 0 Å². The average molecular weight is 351 g/mol. The van der Waals surface area contributed by atoms with E-state index in [-0.39, 0.29) is 0 Å². The second-order valence-corrected chi connectivity index (χ2v) is 8.08. The molecule has 2 aliphatic rings. The molecule has 0 amide bonds. The van der Waals surface area contributed by atoms with Gasteiger partial charge in [0.2, 0.25) is 0 Å². The molecule has 1 aromatic heterocycles. The van der Waals surface area contributed by atoms with Crippen molar-refractivity contribution < 1.29 is 4.74 Å². The maximum Gasteiger partial charge on any atom is 0.0731 e. The summed E-state index contributed by atoms with van der Waals surface area (Å²) in [7, 11) is 2.25. The van der Waals surface area contributed by atoms with Gasteiger partial charge in [0.05, 0.1) is 13.2 Å². The molecule has 0 unspecified atom stereocenters. The Morgan fingerprint density at radius 3 is 2.77 bits per heavy atom. The summed E-state index contributed by atoms with van der Waals surface area (Å²) in [4.78, 5) is 9.29. The van der Waals surface area contributed by atoms with Crippen LogP contribution in [-0.2, 0) is 17.9 Å². The minimum Gasteiger partial charge on any atom is -0.376 e. The van der Waals surface area contributed by atoms with Gasteiger partial charge in [-0.1, -0.05) is 36.4 Å². The van der Waals surface area contributed by atoms with Crippen molar-refractivity contribution in [3.05, 3.63) is 66.0 Å². The highest BCUT2D eigenvalue weighted by Crippen LogP contribution is 2.43. The molecule has 2 saturated heterocycles. The molecule has 2 aromatic rings. The van der Waals surface area contributed by atoms with Crippen LogP contribution in [0.4, 0.5) is 0 Å². The van der Waals surface area contributed by atoms with E-state index in [2.05, 4.69) is 58.2 Å². The fourth-order valence-corrected chi connectivity index (χ4v) is 4.76. The Bertz CT molecular complexity index is 693. The Balaban J connectivity index is 1.35. The molecule has 26 heavy (non-hydrogen) atoms. The van der Waals surface area contributed by atoms with Crippen molar-refractivity contribution in [3.63, 3.8) is 0 Å². The average Bonchev–Trinajstić information content (AvgIpc) is 3.20. The second kappa shape index (κ2) is 7.87. The van der Waals surface area contributed by atoms with E-state index in [1.54, 1.807) is 0 Å². The molecule has 1 aromatic carbocycles. The SMILES string of the molecule is CN1C[C@H](COCc2cccnc2)[C@@]2(CCN(Cc3ccccc3)C2)C1. The lowest BCUT2D eigenvalue weighted by Crippen LogP contribution is -2.36. The molecular weight excluding hydrogens is 322 g/mol. The predicted molar refractivity (Wildman–Crippen MR) is 104 cm³/mol. The minimum absolute atomic E-state index is 0.387. The lowest BCUT2D eigenvalue weighted by molar-refractivity contribution is 0.0515. The Labute approximate surface area is 156 Å². The van der Waals surface area contributed by atoms with Gasteiger partial charge in [0.25, 0.3) is 0 Å². The van der Waals surface area contributed by atoms with Gasteiger partial charge >= 0.3 is 0 Å². The molecule has 0 bridgehead atoms. The Hall–Kier alpha value is -1.75. The Kier molecular flexibility index (Phi) is 5.34. The number of pyridine rings is 1. The van der Waals surface area contributed by atoms with Crippen LogP contribution in [0, 0.1) is 11.3 Å². The van der Waals surface area contributed by atoms with Gasteiger partial charge in [0.15, 0.2) is 0 Å². The first-order valence-corrected chi connectivity index (χ1v) is 9.65. The first-order chi connectivity index (χ1) is 12.7. The maximum atomic E-state index is 6.11. The van der Waals surface area contributed by atoms with Gasteiger partial charge in [-0.05, 0) is 37.2 Å². The minimum atomic E-state index is 0.387. The zero-order valence-electron chi connectivity index (χ0n) is 15.7. The zero-order valence-corrected chi connectivity index (χ0v) is 15.7. The Morgan fingerprint density at radius 2 is 1.96 bits per heavy atom. The van der Waals surface area contributed by atoms with E-state index in [1.165, 1.54) is 31.6 Å². The second-order valence-electron chi connectivity index (χ2n) is 8.08. The van der Waals surface area contributed by atoms with Crippen LogP contribution in [-0.4, -0.2) is 54.6 Å². The van der Waals surface area contributed by atoms with Gasteiger partial charge in [-0.2, -0.15) is 0 Å². The third-order valence-electron chi connectivity index (χ3n) is 6.01. The summed E-state index contributed by atoms with van der Waals surface area (Å²) in [6.07, 6.45) is 4.99. The molecular formula is C22H29N3O. The third-order valence-corrected chi connectivity index (χ3v) is 6.01. The highest BCUT2D eigenvalue weighted by molar-refractivity contribution is 5.15. The van der Waals surface area contributed by atoms with E-state index in [0.29, 0.717) is 17.9 Å². The third kappa shape index (κ3) is 3.98. The van der Waals surface area contributed by atoms with E-state index in [1.807, 2.05) is 18.5 Å². The van der Waals surface area contributed by atoms with Crippen molar-refractivity contribution in [2.75, 3.05) is 39.8 Å². The lowest BCUT2D eigenvalue weighted by Gasteiger charge is -2.30. The highest BCUT2D eigenvalue weighted by Gasteiger charge is 2.49. The van der Waals surface area contributed by atoms with Crippen molar-refractivity contribution in [3.8, 4) is 0 Å². The molecule has 4 heteroatoms. The molecule has 0 radical (unpaired) electrons. The normalized spacial score (nSPS) is 26.7. The fourth-order valence-electron chi connectivity index (χ4n) is 4.76. The van der Waals surface area contributed by atoms with Crippen molar-refractivity contribution in [2.24, 2.45) is 11.3 Å². The van der Waals surface area contributed by atoms with Crippen LogP contribution in [0.1, 0.15) is 17.5 Å². The van der Waals surface area contributed by atoms with E-state index >= 15 is 0 Å². The van der Waals surface area contributed by atoms with Crippen LogP contribution in [0.5, 0.6) is 0 Å². The van der Waals surface area contributed by atoms with Gasteiger partial charge in [-0.25, -0.2) is 0 Å². The smallest absolute Gasteiger partial charge is 0.0731 e. The molecule has 3 heterocycles. The molecule has 2 fully saturated rings. The van der Waals surface area contributed by atoms with Crippen LogP contribution in [0.15, 0.2) is 54.9 Å². The molecule has 0 N–H and O–H groups in total. The van der Waals surface area contributed by atoms with Crippen LogP contribution < -0.4 is 0 Å². The summed E-state index contributed by atoms with van der Waals surface area (Å²) >= 11 is 0. The van der Waals surface area contributed by atoms with E-state index in [0.717, 1.165) is 25.3 Å². The molecule has 4 nitrogen and oxygen atoms in total. The number of nitrogens with zero attached hydrogens (tertiary/aromatic N) is 3. The molecule has 1 spiro atoms. The number of hydrogen-bond donors (Lipinski definition) is 0. The maximum absolute atomic E-state index is 6.11. The molecule has 138 valence electrons. The summed E-state index contributed by atoms with van der Waals surface area (Å²) in [5.41, 5.74) is 2.96. The number of rotatable bonds is 6. The summed E-state index contributed by atoms with van der Waals surface area (Å²) in [5, 5.41) is 0. The van der Waals surface area contributed by atoms with Gasteiger partial charge in [0.1, 0.15) is 0 Å². The Morgan fingerprint density at radius 1 is 1.12 bits per heavy atom. The number of likely N-dealkylation sites (tertiary alicyclic amines) is 2. The quantitative estimate of drug-likeness (QED) is 0.800. The summed E-state index contributed by atoms with van der Waals surface area (Å²) < 4.78 is 6.11. The first kappa shape index (κ1) is 17.7. The van der Waals surface area contributed by atoms with Crippen molar-refractivity contribution >= 4 is 0 Å². The number of benzene rings is 1. The fraction of sp³-hybridized carbons (Fsp3) is 0.500. The van der Waals surface area contributed by atoms with Crippen molar-refractivity contribution in [2.45, 2.75) is 19.6 Å². The molecule has 2 atom stereocenters. The van der Waals surface area contributed by atoms with Crippen LogP contribution in [0.2, 0.25) is 0 Å². The van der Waals surface area contributed by atoms with Gasteiger partial charge < -0.3 is 9.64 Å². The zero-order chi connectivity index (χ0) is 17.8. The van der Waals surface area contributed by atoms with Crippen molar-refractivity contribution in [1.29, 1.82) is 0 Å². The molecule has 0 aliphatic carbocycles. The predicted octanol–water partition coefficient (Wildman–Crippen LogP) is 3.05. The van der Waals surface area contributed by atoms with Crippen molar-refractivity contribution in [1.82, 2.24) is 14.8 Å². The summed E-state index contributed by atoms with van der Waals surface area (Å²) in [6.45, 7) is 7.30. The highest BCUT2D eigenvalue weighted by atomic mass is 16.5. The van der Waals surface area contributed by atoms with E-state index in [4.69, 9.17) is 4.74 Å². The van der Waals surface area contributed by atoms with Crippen LogP contribution in [0.3, 0.4) is 0 Å². The topological polar surface area (TPSA) is 28.6 Å². The van der Waals surface area contributed by atoms with E-state index < -0.39 is 0 Å².